The Hall–Kier alpha value is -1.97. The molecular weight excluding hydrogens is 307 g/mol. The van der Waals surface area contributed by atoms with Crippen LogP contribution in [0.5, 0.6) is 0 Å². The number of benzene rings is 1. The molecular formula is C18H23FN4O. The molecule has 1 aromatic carbocycles. The van der Waals surface area contributed by atoms with Crippen molar-refractivity contribution in [1.29, 1.82) is 5.26 Å². The number of halogens is 1. The summed E-state index contributed by atoms with van der Waals surface area (Å²) in [5.41, 5.74) is 1.05. The van der Waals surface area contributed by atoms with E-state index in [-0.39, 0.29) is 11.7 Å². The lowest BCUT2D eigenvalue weighted by Gasteiger charge is -2.35. The van der Waals surface area contributed by atoms with Crippen molar-refractivity contribution in [1.82, 2.24) is 14.7 Å². The van der Waals surface area contributed by atoms with E-state index in [9.17, 15) is 9.18 Å². The number of hydrogen-bond acceptors (Lipinski definition) is 4. The van der Waals surface area contributed by atoms with Crippen LogP contribution in [-0.2, 0) is 11.3 Å². The summed E-state index contributed by atoms with van der Waals surface area (Å²) < 4.78 is 13.9. The minimum absolute atomic E-state index is 0.230. The summed E-state index contributed by atoms with van der Waals surface area (Å²) in [6.45, 7) is 6.05. The van der Waals surface area contributed by atoms with Crippen molar-refractivity contribution < 1.29 is 9.18 Å². The number of carbonyl (C=O) groups excluding carboxylic acids is 1. The van der Waals surface area contributed by atoms with Gasteiger partial charge in [-0.3, -0.25) is 14.6 Å². The predicted octanol–water partition coefficient (Wildman–Crippen LogP) is 1.44. The number of nitrogens with zero attached hydrogens (tertiary/aromatic N) is 4. The van der Waals surface area contributed by atoms with Crippen LogP contribution < -0.4 is 0 Å². The van der Waals surface area contributed by atoms with Crippen molar-refractivity contribution in [3.8, 4) is 6.07 Å². The van der Waals surface area contributed by atoms with Crippen LogP contribution in [0.3, 0.4) is 0 Å². The van der Waals surface area contributed by atoms with Gasteiger partial charge in [-0.25, -0.2) is 4.39 Å². The van der Waals surface area contributed by atoms with Crippen molar-refractivity contribution in [3.63, 3.8) is 0 Å². The highest BCUT2D eigenvalue weighted by Gasteiger charge is 2.23. The normalized spacial score (nSPS) is 19.4. The van der Waals surface area contributed by atoms with Crippen molar-refractivity contribution in [2.45, 2.75) is 19.4 Å². The molecule has 128 valence electrons. The molecule has 5 nitrogen and oxygen atoms in total. The van der Waals surface area contributed by atoms with Crippen molar-refractivity contribution >= 4 is 5.91 Å². The topological polar surface area (TPSA) is 50.6 Å². The minimum Gasteiger partial charge on any atom is -0.342 e. The van der Waals surface area contributed by atoms with E-state index in [0.717, 1.165) is 52.1 Å². The Labute approximate surface area is 142 Å². The van der Waals surface area contributed by atoms with Gasteiger partial charge in [-0.2, -0.15) is 5.26 Å². The fourth-order valence-corrected chi connectivity index (χ4v) is 3.37. The molecule has 0 N–H and O–H groups in total. The molecule has 0 saturated carbocycles. The van der Waals surface area contributed by atoms with Crippen LogP contribution in [0.25, 0.3) is 0 Å². The maximum absolute atomic E-state index is 13.9. The molecule has 0 radical (unpaired) electrons. The Balaban J connectivity index is 1.48. The third-order valence-corrected chi connectivity index (χ3v) is 4.85. The van der Waals surface area contributed by atoms with Gasteiger partial charge in [-0.15, -0.1) is 0 Å². The number of rotatable bonds is 4. The highest BCUT2D eigenvalue weighted by Crippen LogP contribution is 2.15. The maximum atomic E-state index is 13.9. The first-order valence-electron chi connectivity index (χ1n) is 8.57. The summed E-state index contributed by atoms with van der Waals surface area (Å²) in [4.78, 5) is 18.5. The Bertz CT molecular complexity index is 628. The molecule has 0 spiro atoms. The third-order valence-electron chi connectivity index (χ3n) is 4.85. The van der Waals surface area contributed by atoms with Gasteiger partial charge < -0.3 is 4.90 Å². The quantitative estimate of drug-likeness (QED) is 0.838. The number of carbonyl (C=O) groups is 1. The lowest BCUT2D eigenvalue weighted by molar-refractivity contribution is -0.131. The van der Waals surface area contributed by atoms with Gasteiger partial charge in [0.15, 0.2) is 0 Å². The zero-order valence-electron chi connectivity index (χ0n) is 13.9. The summed E-state index contributed by atoms with van der Waals surface area (Å²) >= 11 is 0. The van der Waals surface area contributed by atoms with Gasteiger partial charge in [-0.1, -0.05) is 0 Å². The molecule has 0 aliphatic carbocycles. The van der Waals surface area contributed by atoms with Crippen molar-refractivity contribution in [3.05, 3.63) is 35.1 Å². The molecule has 1 aromatic rings. The Morgan fingerprint density at radius 3 is 2.42 bits per heavy atom. The van der Waals surface area contributed by atoms with E-state index in [1.165, 1.54) is 12.1 Å². The van der Waals surface area contributed by atoms with Crippen LogP contribution in [0.1, 0.15) is 24.0 Å². The van der Waals surface area contributed by atoms with E-state index in [1.54, 1.807) is 6.07 Å². The van der Waals surface area contributed by atoms with E-state index in [0.29, 0.717) is 24.2 Å². The average molecular weight is 330 g/mol. The summed E-state index contributed by atoms with van der Waals surface area (Å²) in [6, 6.07) is 6.54. The first-order chi connectivity index (χ1) is 11.7. The SMILES string of the molecule is N#Cc1ccc(F)c(CN2CCN(CC(=O)N3CCCC3)CC2)c1. The van der Waals surface area contributed by atoms with Crippen molar-refractivity contribution in [2.24, 2.45) is 0 Å². The number of hydrogen-bond donors (Lipinski definition) is 0. The molecule has 0 aromatic heterocycles. The van der Waals surface area contributed by atoms with Gasteiger partial charge in [0, 0.05) is 51.4 Å². The van der Waals surface area contributed by atoms with Crippen molar-refractivity contribution in [2.75, 3.05) is 45.8 Å². The smallest absolute Gasteiger partial charge is 0.236 e. The van der Waals surface area contributed by atoms with Crippen LogP contribution in [-0.4, -0.2) is 66.4 Å². The molecule has 3 rings (SSSR count). The van der Waals surface area contributed by atoms with Gasteiger partial charge in [0.05, 0.1) is 18.2 Å². The number of nitriles is 1. The van der Waals surface area contributed by atoms with E-state index in [1.807, 2.05) is 4.90 Å². The molecule has 0 unspecified atom stereocenters. The van der Waals surface area contributed by atoms with Gasteiger partial charge in [0.25, 0.3) is 0 Å². The fraction of sp³-hybridized carbons (Fsp3) is 0.556. The maximum Gasteiger partial charge on any atom is 0.236 e. The second-order valence-electron chi connectivity index (χ2n) is 6.56. The summed E-state index contributed by atoms with van der Waals surface area (Å²) in [5.74, 6) is -0.0330. The van der Waals surface area contributed by atoms with Crippen LogP contribution in [0.15, 0.2) is 18.2 Å². The monoisotopic (exact) mass is 330 g/mol. The molecule has 2 heterocycles. The second kappa shape index (κ2) is 7.73. The highest BCUT2D eigenvalue weighted by atomic mass is 19.1. The lowest BCUT2D eigenvalue weighted by Crippen LogP contribution is -2.49. The Kier molecular flexibility index (Phi) is 5.44. The fourth-order valence-electron chi connectivity index (χ4n) is 3.37. The molecule has 24 heavy (non-hydrogen) atoms. The van der Waals surface area contributed by atoms with Gasteiger partial charge in [0.1, 0.15) is 5.82 Å². The lowest BCUT2D eigenvalue weighted by atomic mass is 10.1. The molecule has 6 heteroatoms. The second-order valence-corrected chi connectivity index (χ2v) is 6.56. The first kappa shape index (κ1) is 16.9. The highest BCUT2D eigenvalue weighted by molar-refractivity contribution is 5.78. The first-order valence-corrected chi connectivity index (χ1v) is 8.57. The molecule has 2 fully saturated rings. The molecule has 0 bridgehead atoms. The number of likely N-dealkylation sites (tertiary alicyclic amines) is 1. The summed E-state index contributed by atoms with van der Waals surface area (Å²) in [6.07, 6.45) is 2.24. The Morgan fingerprint density at radius 2 is 1.75 bits per heavy atom. The van der Waals surface area contributed by atoms with Crippen LogP contribution in [0.2, 0.25) is 0 Å². The van der Waals surface area contributed by atoms with E-state index in [2.05, 4.69) is 15.9 Å². The molecule has 2 aliphatic rings. The van der Waals surface area contributed by atoms with Crippen LogP contribution in [0.4, 0.5) is 4.39 Å². The van der Waals surface area contributed by atoms with Gasteiger partial charge in [0.2, 0.25) is 5.91 Å². The molecule has 2 aliphatic heterocycles. The number of amides is 1. The Morgan fingerprint density at radius 1 is 1.08 bits per heavy atom. The standard InChI is InChI=1S/C18H23FN4O/c19-17-4-3-15(12-20)11-16(17)13-21-7-9-22(10-8-21)14-18(24)23-5-1-2-6-23/h3-4,11H,1-2,5-10,13-14H2. The zero-order chi connectivity index (χ0) is 16.9. The zero-order valence-corrected chi connectivity index (χ0v) is 13.9. The number of piperazine rings is 1. The largest absolute Gasteiger partial charge is 0.342 e. The average Bonchev–Trinajstić information content (AvgIpc) is 3.13. The van der Waals surface area contributed by atoms with Crippen LogP contribution >= 0.6 is 0 Å². The predicted molar refractivity (Wildman–Crippen MR) is 88.6 cm³/mol. The van der Waals surface area contributed by atoms with Gasteiger partial charge in [-0.05, 0) is 31.0 Å². The molecule has 2 saturated heterocycles. The van der Waals surface area contributed by atoms with E-state index >= 15 is 0 Å². The van der Waals surface area contributed by atoms with Gasteiger partial charge >= 0.3 is 0 Å². The minimum atomic E-state index is -0.263. The summed E-state index contributed by atoms with van der Waals surface area (Å²) in [7, 11) is 0. The molecule has 1 amide bonds. The third kappa shape index (κ3) is 4.11. The summed E-state index contributed by atoms with van der Waals surface area (Å²) in [5, 5.41) is 8.94. The van der Waals surface area contributed by atoms with Crippen LogP contribution in [0, 0.1) is 17.1 Å². The molecule has 0 atom stereocenters. The van der Waals surface area contributed by atoms with E-state index < -0.39 is 0 Å². The van der Waals surface area contributed by atoms with E-state index in [4.69, 9.17) is 5.26 Å².